The summed E-state index contributed by atoms with van der Waals surface area (Å²) >= 11 is 0. The molecule has 1 rings (SSSR count). The van der Waals surface area contributed by atoms with Gasteiger partial charge in [0.25, 0.3) is 0 Å². The second kappa shape index (κ2) is 8.63. The summed E-state index contributed by atoms with van der Waals surface area (Å²) in [6, 6.07) is 8.77. The van der Waals surface area contributed by atoms with Gasteiger partial charge < -0.3 is 20.9 Å². The highest BCUT2D eigenvalue weighted by molar-refractivity contribution is 5.81. The van der Waals surface area contributed by atoms with E-state index >= 15 is 0 Å². The first-order valence-corrected chi connectivity index (χ1v) is 6.37. The Kier molecular flexibility index (Phi) is 7.10. The summed E-state index contributed by atoms with van der Waals surface area (Å²) in [7, 11) is 1.57. The van der Waals surface area contributed by atoms with Crippen molar-refractivity contribution in [3.05, 3.63) is 35.9 Å². The highest BCUT2D eigenvalue weighted by atomic mass is 16.5. The highest BCUT2D eigenvalue weighted by Crippen LogP contribution is 2.03. The van der Waals surface area contributed by atoms with Crippen molar-refractivity contribution in [1.82, 2.24) is 5.32 Å². The van der Waals surface area contributed by atoms with Gasteiger partial charge in [0.1, 0.15) is 0 Å². The average Bonchev–Trinajstić information content (AvgIpc) is 2.44. The minimum absolute atomic E-state index is 0.113. The molecular weight excluding hydrogens is 244 g/mol. The fourth-order valence-corrected chi connectivity index (χ4v) is 1.74. The molecule has 0 spiro atoms. The standard InChI is InChI=1S/C14H22N2O3/c1-19-8-7-13(15)14(18)16-12(10-17)9-11-5-3-2-4-6-11/h2-6,12-13,17H,7-10,15H2,1H3,(H,16,18). The van der Waals surface area contributed by atoms with Crippen LogP contribution in [0.5, 0.6) is 0 Å². The number of hydrogen-bond acceptors (Lipinski definition) is 4. The summed E-state index contributed by atoms with van der Waals surface area (Å²) < 4.78 is 4.88. The van der Waals surface area contributed by atoms with E-state index in [0.29, 0.717) is 19.4 Å². The van der Waals surface area contributed by atoms with E-state index in [9.17, 15) is 9.90 Å². The van der Waals surface area contributed by atoms with Gasteiger partial charge in [-0.15, -0.1) is 0 Å². The van der Waals surface area contributed by atoms with Crippen molar-refractivity contribution < 1.29 is 14.6 Å². The van der Waals surface area contributed by atoms with Crippen molar-refractivity contribution in [2.45, 2.75) is 24.9 Å². The van der Waals surface area contributed by atoms with Gasteiger partial charge in [-0.25, -0.2) is 0 Å². The van der Waals surface area contributed by atoms with E-state index in [0.717, 1.165) is 5.56 Å². The van der Waals surface area contributed by atoms with Crippen molar-refractivity contribution in [3.8, 4) is 0 Å². The molecule has 0 heterocycles. The molecule has 0 aromatic heterocycles. The molecule has 2 atom stereocenters. The predicted octanol–water partition coefficient (Wildman–Crippen LogP) is 0.0700. The van der Waals surface area contributed by atoms with E-state index in [-0.39, 0.29) is 18.6 Å². The van der Waals surface area contributed by atoms with Crippen LogP contribution in [0.15, 0.2) is 30.3 Å². The molecule has 0 aliphatic rings. The Morgan fingerprint density at radius 1 is 1.42 bits per heavy atom. The number of hydrogen-bond donors (Lipinski definition) is 3. The van der Waals surface area contributed by atoms with Crippen LogP contribution in [0.4, 0.5) is 0 Å². The van der Waals surface area contributed by atoms with Gasteiger partial charge in [-0.1, -0.05) is 30.3 Å². The lowest BCUT2D eigenvalue weighted by Crippen LogP contribution is -2.47. The van der Waals surface area contributed by atoms with Crippen LogP contribution in [0.25, 0.3) is 0 Å². The summed E-state index contributed by atoms with van der Waals surface area (Å²) in [4.78, 5) is 11.8. The number of rotatable bonds is 8. The first-order chi connectivity index (χ1) is 9.17. The molecule has 5 nitrogen and oxygen atoms in total. The number of carbonyl (C=O) groups excluding carboxylic acids is 1. The second-order valence-corrected chi connectivity index (χ2v) is 4.47. The molecule has 0 radical (unpaired) electrons. The molecule has 1 aromatic rings. The van der Waals surface area contributed by atoms with Crippen LogP contribution in [-0.4, -0.2) is 43.4 Å². The lowest BCUT2D eigenvalue weighted by Gasteiger charge is -2.19. The summed E-state index contributed by atoms with van der Waals surface area (Å²) in [6.45, 7) is 0.328. The number of benzene rings is 1. The molecule has 0 saturated carbocycles. The summed E-state index contributed by atoms with van der Waals surface area (Å²) in [5, 5.41) is 12.1. The molecule has 4 N–H and O–H groups in total. The smallest absolute Gasteiger partial charge is 0.237 e. The zero-order chi connectivity index (χ0) is 14.1. The first-order valence-electron chi connectivity index (χ1n) is 6.37. The Hall–Kier alpha value is -1.43. The van der Waals surface area contributed by atoms with Crippen LogP contribution in [0.1, 0.15) is 12.0 Å². The molecule has 19 heavy (non-hydrogen) atoms. The van der Waals surface area contributed by atoms with Crippen LogP contribution in [-0.2, 0) is 16.0 Å². The number of aliphatic hydroxyl groups excluding tert-OH is 1. The number of nitrogens with one attached hydrogen (secondary N) is 1. The van der Waals surface area contributed by atoms with Gasteiger partial charge in [-0.05, 0) is 18.4 Å². The van der Waals surface area contributed by atoms with Crippen LogP contribution in [0.3, 0.4) is 0 Å². The number of carbonyl (C=O) groups is 1. The molecule has 5 heteroatoms. The molecule has 1 aromatic carbocycles. The van der Waals surface area contributed by atoms with Crippen LogP contribution >= 0.6 is 0 Å². The monoisotopic (exact) mass is 266 g/mol. The Balaban J connectivity index is 2.45. The largest absolute Gasteiger partial charge is 0.394 e. The summed E-state index contributed by atoms with van der Waals surface area (Å²) in [6.07, 6.45) is 1.05. The molecule has 0 aliphatic heterocycles. The molecule has 0 fully saturated rings. The Morgan fingerprint density at radius 3 is 2.68 bits per heavy atom. The minimum atomic E-state index is -0.607. The Bertz CT molecular complexity index is 370. The fraction of sp³-hybridized carbons (Fsp3) is 0.500. The zero-order valence-electron chi connectivity index (χ0n) is 11.2. The predicted molar refractivity (Wildman–Crippen MR) is 73.6 cm³/mol. The number of nitrogens with two attached hydrogens (primary N) is 1. The normalized spacial score (nSPS) is 13.8. The van der Waals surface area contributed by atoms with Crippen molar-refractivity contribution >= 4 is 5.91 Å². The van der Waals surface area contributed by atoms with Gasteiger partial charge in [0.2, 0.25) is 5.91 Å². The average molecular weight is 266 g/mol. The number of methoxy groups -OCH3 is 1. The molecule has 0 saturated heterocycles. The maximum absolute atomic E-state index is 11.8. The Morgan fingerprint density at radius 2 is 2.11 bits per heavy atom. The SMILES string of the molecule is COCCC(N)C(=O)NC(CO)Cc1ccccc1. The zero-order valence-corrected chi connectivity index (χ0v) is 11.2. The number of aliphatic hydroxyl groups is 1. The minimum Gasteiger partial charge on any atom is -0.394 e. The fourth-order valence-electron chi connectivity index (χ4n) is 1.74. The summed E-state index contributed by atoms with van der Waals surface area (Å²) in [5.41, 5.74) is 6.79. The first kappa shape index (κ1) is 15.6. The molecule has 2 unspecified atom stereocenters. The maximum atomic E-state index is 11.8. The number of ether oxygens (including phenoxy) is 1. The van der Waals surface area contributed by atoms with Gasteiger partial charge in [0.15, 0.2) is 0 Å². The topological polar surface area (TPSA) is 84.6 Å². The lowest BCUT2D eigenvalue weighted by molar-refractivity contribution is -0.123. The van der Waals surface area contributed by atoms with E-state index in [2.05, 4.69) is 5.32 Å². The lowest BCUT2D eigenvalue weighted by atomic mass is 10.1. The quantitative estimate of drug-likeness (QED) is 0.621. The number of amides is 1. The Labute approximate surface area is 113 Å². The van der Waals surface area contributed by atoms with E-state index in [1.807, 2.05) is 30.3 Å². The third-order valence-corrected chi connectivity index (χ3v) is 2.86. The van der Waals surface area contributed by atoms with Gasteiger partial charge in [-0.2, -0.15) is 0 Å². The molecular formula is C14H22N2O3. The third kappa shape index (κ3) is 5.83. The highest BCUT2D eigenvalue weighted by Gasteiger charge is 2.17. The molecule has 1 amide bonds. The van der Waals surface area contributed by atoms with E-state index < -0.39 is 6.04 Å². The van der Waals surface area contributed by atoms with Crippen LogP contribution < -0.4 is 11.1 Å². The molecule has 106 valence electrons. The van der Waals surface area contributed by atoms with E-state index in [1.54, 1.807) is 7.11 Å². The van der Waals surface area contributed by atoms with E-state index in [4.69, 9.17) is 10.5 Å². The van der Waals surface area contributed by atoms with Crippen molar-refractivity contribution in [2.75, 3.05) is 20.3 Å². The summed E-state index contributed by atoms with van der Waals surface area (Å²) in [5.74, 6) is -0.257. The second-order valence-electron chi connectivity index (χ2n) is 4.47. The third-order valence-electron chi connectivity index (χ3n) is 2.86. The van der Waals surface area contributed by atoms with Crippen LogP contribution in [0.2, 0.25) is 0 Å². The van der Waals surface area contributed by atoms with Gasteiger partial charge in [-0.3, -0.25) is 4.79 Å². The van der Waals surface area contributed by atoms with E-state index in [1.165, 1.54) is 0 Å². The molecule has 0 aliphatic carbocycles. The van der Waals surface area contributed by atoms with Gasteiger partial charge in [0, 0.05) is 13.7 Å². The van der Waals surface area contributed by atoms with Crippen molar-refractivity contribution in [2.24, 2.45) is 5.73 Å². The van der Waals surface area contributed by atoms with Gasteiger partial charge >= 0.3 is 0 Å². The maximum Gasteiger partial charge on any atom is 0.237 e. The van der Waals surface area contributed by atoms with Crippen LogP contribution in [0, 0.1) is 0 Å². The van der Waals surface area contributed by atoms with Crippen molar-refractivity contribution in [1.29, 1.82) is 0 Å². The molecule has 0 bridgehead atoms. The van der Waals surface area contributed by atoms with Gasteiger partial charge in [0.05, 0.1) is 18.7 Å². The van der Waals surface area contributed by atoms with Crippen molar-refractivity contribution in [3.63, 3.8) is 0 Å².